The molecule has 0 radical (unpaired) electrons. The molecule has 3 aromatic rings. The Morgan fingerprint density at radius 1 is 1.27 bits per heavy atom. The van der Waals surface area contributed by atoms with Gasteiger partial charge in [-0.1, -0.05) is 0 Å². The zero-order valence-electron chi connectivity index (χ0n) is 14.4. The zero-order valence-corrected chi connectivity index (χ0v) is 14.4. The van der Waals surface area contributed by atoms with Gasteiger partial charge in [-0.15, -0.1) is 0 Å². The first-order chi connectivity index (χ1) is 12.6. The number of hydrogen-bond acceptors (Lipinski definition) is 4. The number of anilines is 1. The number of carbonyl (C=O) groups is 1. The SMILES string of the molecule is Cn1nc2c(cc1=O)CC(C(=O)Nc1ccc(-n3ccnc3)cc1)CC2. The van der Waals surface area contributed by atoms with Crippen LogP contribution in [0.2, 0.25) is 0 Å². The van der Waals surface area contributed by atoms with E-state index in [1.807, 2.05) is 35.0 Å². The highest BCUT2D eigenvalue weighted by Crippen LogP contribution is 2.24. The molecular weight excluding hydrogens is 330 g/mol. The molecule has 132 valence electrons. The van der Waals surface area contributed by atoms with Crippen LogP contribution in [0.15, 0.2) is 53.8 Å². The van der Waals surface area contributed by atoms with Crippen LogP contribution in [-0.2, 0) is 24.7 Å². The Balaban J connectivity index is 1.45. The molecule has 0 spiro atoms. The topological polar surface area (TPSA) is 81.8 Å². The van der Waals surface area contributed by atoms with Crippen LogP contribution in [0, 0.1) is 5.92 Å². The van der Waals surface area contributed by atoms with Crippen molar-refractivity contribution in [3.63, 3.8) is 0 Å². The predicted octanol–water partition coefficient (Wildman–Crippen LogP) is 1.71. The number of rotatable bonds is 3. The maximum Gasteiger partial charge on any atom is 0.266 e. The van der Waals surface area contributed by atoms with Crippen molar-refractivity contribution in [2.75, 3.05) is 5.32 Å². The maximum atomic E-state index is 12.6. The van der Waals surface area contributed by atoms with E-state index in [9.17, 15) is 9.59 Å². The highest BCUT2D eigenvalue weighted by Gasteiger charge is 2.26. The third-order valence-corrected chi connectivity index (χ3v) is 4.76. The quantitative estimate of drug-likeness (QED) is 0.780. The second-order valence-corrected chi connectivity index (χ2v) is 6.52. The lowest BCUT2D eigenvalue weighted by atomic mass is 9.86. The van der Waals surface area contributed by atoms with Gasteiger partial charge in [0.1, 0.15) is 0 Å². The standard InChI is InChI=1S/C19H19N5O2/c1-23-18(25)11-14-10-13(2-7-17(14)22-23)19(26)21-15-3-5-16(6-4-15)24-9-8-20-12-24/h3-6,8-9,11-13H,2,7,10H2,1H3,(H,21,26). The molecule has 2 heterocycles. The van der Waals surface area contributed by atoms with Crippen LogP contribution in [0.3, 0.4) is 0 Å². The van der Waals surface area contributed by atoms with Gasteiger partial charge < -0.3 is 9.88 Å². The van der Waals surface area contributed by atoms with Crippen LogP contribution in [-0.4, -0.2) is 25.2 Å². The van der Waals surface area contributed by atoms with E-state index in [-0.39, 0.29) is 17.4 Å². The second-order valence-electron chi connectivity index (χ2n) is 6.52. The Morgan fingerprint density at radius 2 is 2.08 bits per heavy atom. The number of nitrogens with zero attached hydrogens (tertiary/aromatic N) is 4. The van der Waals surface area contributed by atoms with E-state index >= 15 is 0 Å². The van der Waals surface area contributed by atoms with Crippen LogP contribution < -0.4 is 10.9 Å². The van der Waals surface area contributed by atoms with Gasteiger partial charge in [0.05, 0.1) is 12.0 Å². The summed E-state index contributed by atoms with van der Waals surface area (Å²) >= 11 is 0. The van der Waals surface area contributed by atoms with Gasteiger partial charge in [0, 0.05) is 42.8 Å². The number of carbonyl (C=O) groups excluding carboxylic acids is 1. The largest absolute Gasteiger partial charge is 0.326 e. The van der Waals surface area contributed by atoms with Gasteiger partial charge in [-0.25, -0.2) is 9.67 Å². The lowest BCUT2D eigenvalue weighted by Crippen LogP contribution is -2.31. The Bertz CT molecular complexity index is 990. The lowest BCUT2D eigenvalue weighted by Gasteiger charge is -2.23. The number of hydrogen-bond donors (Lipinski definition) is 1. The Labute approximate surface area is 150 Å². The third-order valence-electron chi connectivity index (χ3n) is 4.76. The monoisotopic (exact) mass is 349 g/mol. The van der Waals surface area contributed by atoms with E-state index in [1.165, 1.54) is 4.68 Å². The minimum absolute atomic E-state index is 0.0216. The Kier molecular flexibility index (Phi) is 4.12. The van der Waals surface area contributed by atoms with Crippen molar-refractivity contribution in [2.24, 2.45) is 13.0 Å². The van der Waals surface area contributed by atoms with E-state index in [4.69, 9.17) is 0 Å². The smallest absolute Gasteiger partial charge is 0.266 e. The van der Waals surface area contributed by atoms with Crippen molar-refractivity contribution in [3.8, 4) is 5.69 Å². The fraction of sp³-hybridized carbons (Fsp3) is 0.263. The molecule has 0 saturated carbocycles. The molecule has 26 heavy (non-hydrogen) atoms. The summed E-state index contributed by atoms with van der Waals surface area (Å²) in [4.78, 5) is 28.4. The molecule has 1 aromatic carbocycles. The van der Waals surface area contributed by atoms with Crippen molar-refractivity contribution in [1.29, 1.82) is 0 Å². The Morgan fingerprint density at radius 3 is 2.81 bits per heavy atom. The summed E-state index contributed by atoms with van der Waals surface area (Å²) in [5.41, 5.74) is 3.40. The average Bonchev–Trinajstić information content (AvgIpc) is 3.17. The molecule has 1 amide bonds. The molecule has 7 heteroatoms. The molecule has 1 aliphatic carbocycles. The first-order valence-corrected chi connectivity index (χ1v) is 8.55. The highest BCUT2D eigenvalue weighted by atomic mass is 16.2. The van der Waals surface area contributed by atoms with Crippen molar-refractivity contribution in [3.05, 3.63) is 70.7 Å². The summed E-state index contributed by atoms with van der Waals surface area (Å²) in [7, 11) is 1.65. The first-order valence-electron chi connectivity index (χ1n) is 8.55. The molecule has 4 rings (SSSR count). The minimum Gasteiger partial charge on any atom is -0.326 e. The van der Waals surface area contributed by atoms with Crippen LogP contribution in [0.4, 0.5) is 5.69 Å². The first kappa shape index (κ1) is 16.3. The predicted molar refractivity (Wildman–Crippen MR) is 97.2 cm³/mol. The number of fused-ring (bicyclic) bond motifs is 1. The van der Waals surface area contributed by atoms with E-state index in [2.05, 4.69) is 15.4 Å². The maximum absolute atomic E-state index is 12.6. The van der Waals surface area contributed by atoms with Crippen LogP contribution >= 0.6 is 0 Å². The fourth-order valence-electron chi connectivity index (χ4n) is 3.28. The van der Waals surface area contributed by atoms with Gasteiger partial charge in [0.2, 0.25) is 5.91 Å². The molecule has 1 aliphatic rings. The van der Waals surface area contributed by atoms with Gasteiger partial charge in [0.25, 0.3) is 5.56 Å². The van der Waals surface area contributed by atoms with Crippen LogP contribution in [0.25, 0.3) is 5.69 Å². The number of benzene rings is 1. The summed E-state index contributed by atoms with van der Waals surface area (Å²) in [6.07, 6.45) is 7.31. The van der Waals surface area contributed by atoms with E-state index in [0.29, 0.717) is 12.8 Å². The van der Waals surface area contributed by atoms with Crippen molar-refractivity contribution in [1.82, 2.24) is 19.3 Å². The Hall–Kier alpha value is -3.22. The highest BCUT2D eigenvalue weighted by molar-refractivity contribution is 5.93. The molecule has 1 atom stereocenters. The van der Waals surface area contributed by atoms with E-state index in [0.717, 1.165) is 29.1 Å². The number of nitrogens with one attached hydrogen (secondary N) is 1. The van der Waals surface area contributed by atoms with Gasteiger partial charge in [0.15, 0.2) is 0 Å². The van der Waals surface area contributed by atoms with Gasteiger partial charge >= 0.3 is 0 Å². The summed E-state index contributed by atoms with van der Waals surface area (Å²) in [5, 5.41) is 7.26. The van der Waals surface area contributed by atoms with Crippen molar-refractivity contribution < 1.29 is 4.79 Å². The molecule has 0 bridgehead atoms. The van der Waals surface area contributed by atoms with Crippen molar-refractivity contribution in [2.45, 2.75) is 19.3 Å². The summed E-state index contributed by atoms with van der Waals surface area (Å²) in [6.45, 7) is 0. The fourth-order valence-corrected chi connectivity index (χ4v) is 3.28. The molecule has 2 aromatic heterocycles. The summed E-state index contributed by atoms with van der Waals surface area (Å²) < 4.78 is 3.25. The molecule has 7 nitrogen and oxygen atoms in total. The normalized spacial score (nSPS) is 16.1. The van der Waals surface area contributed by atoms with E-state index in [1.54, 1.807) is 25.6 Å². The van der Waals surface area contributed by atoms with Gasteiger partial charge in [-0.3, -0.25) is 9.59 Å². The number of amides is 1. The molecule has 0 saturated heterocycles. The van der Waals surface area contributed by atoms with Gasteiger partial charge in [-0.2, -0.15) is 5.10 Å². The van der Waals surface area contributed by atoms with Crippen molar-refractivity contribution >= 4 is 11.6 Å². The molecular formula is C19H19N5O2. The zero-order chi connectivity index (χ0) is 18.1. The van der Waals surface area contributed by atoms with Crippen LogP contribution in [0.1, 0.15) is 17.7 Å². The number of aryl methyl sites for hydroxylation is 2. The van der Waals surface area contributed by atoms with E-state index < -0.39 is 0 Å². The molecule has 1 unspecified atom stereocenters. The minimum atomic E-state index is -0.148. The molecule has 1 N–H and O–H groups in total. The third kappa shape index (κ3) is 3.15. The van der Waals surface area contributed by atoms with Gasteiger partial charge in [-0.05, 0) is 49.1 Å². The van der Waals surface area contributed by atoms with Crippen LogP contribution in [0.5, 0.6) is 0 Å². The summed E-state index contributed by atoms with van der Waals surface area (Å²) in [6, 6.07) is 9.21. The lowest BCUT2D eigenvalue weighted by molar-refractivity contribution is -0.120. The second kappa shape index (κ2) is 6.59. The number of aromatic nitrogens is 4. The summed E-state index contributed by atoms with van der Waals surface area (Å²) in [5.74, 6) is -0.170. The molecule has 0 fully saturated rings. The average molecular weight is 349 g/mol. The number of imidazole rings is 1. The molecule has 0 aliphatic heterocycles.